The molecule has 1 amide bonds. The first kappa shape index (κ1) is 10.6. The summed E-state index contributed by atoms with van der Waals surface area (Å²) in [6.45, 7) is 1.88. The lowest BCUT2D eigenvalue weighted by atomic mass is 10.1. The van der Waals surface area contributed by atoms with E-state index in [1.54, 1.807) is 12.4 Å². The second kappa shape index (κ2) is 4.03. The maximum absolute atomic E-state index is 12.2. The highest BCUT2D eigenvalue weighted by Gasteiger charge is 2.13. The fourth-order valence-electron chi connectivity index (χ4n) is 1.91. The lowest BCUT2D eigenvalue weighted by Crippen LogP contribution is -2.12. The number of nitrogens with one attached hydrogen (secondary N) is 3. The minimum atomic E-state index is -0.153. The molecule has 5 nitrogen and oxygen atoms in total. The monoisotopic (exact) mass is 240 g/mol. The quantitative estimate of drug-likeness (QED) is 0.643. The number of amides is 1. The maximum Gasteiger partial charge on any atom is 0.258 e. The number of anilines is 1. The predicted octanol–water partition coefficient (Wildman–Crippen LogP) is 2.45. The van der Waals surface area contributed by atoms with E-state index in [9.17, 15) is 4.79 Å². The van der Waals surface area contributed by atoms with Crippen molar-refractivity contribution >= 4 is 22.6 Å². The van der Waals surface area contributed by atoms with Gasteiger partial charge in [-0.05, 0) is 13.0 Å². The van der Waals surface area contributed by atoms with Crippen molar-refractivity contribution in [2.24, 2.45) is 0 Å². The fourth-order valence-corrected chi connectivity index (χ4v) is 1.91. The van der Waals surface area contributed by atoms with Gasteiger partial charge in [0.05, 0.1) is 11.8 Å². The first-order valence-corrected chi connectivity index (χ1v) is 5.63. The van der Waals surface area contributed by atoms with E-state index >= 15 is 0 Å². The van der Waals surface area contributed by atoms with Gasteiger partial charge in [-0.15, -0.1) is 0 Å². The fraction of sp³-hybridized carbons (Fsp3) is 0.0769. The van der Waals surface area contributed by atoms with Gasteiger partial charge in [-0.3, -0.25) is 9.89 Å². The average Bonchev–Trinajstić information content (AvgIpc) is 2.96. The molecule has 0 fully saturated rings. The van der Waals surface area contributed by atoms with E-state index in [0.717, 1.165) is 16.5 Å². The summed E-state index contributed by atoms with van der Waals surface area (Å²) in [4.78, 5) is 15.2. The number of hydrogen-bond acceptors (Lipinski definition) is 2. The smallest absolute Gasteiger partial charge is 0.258 e. The van der Waals surface area contributed by atoms with E-state index in [2.05, 4.69) is 20.5 Å². The SMILES string of the molecule is Cc1cn[nH]c1NC(=O)c1c[nH]c2ccccc12. The van der Waals surface area contributed by atoms with E-state index in [0.29, 0.717) is 11.4 Å². The van der Waals surface area contributed by atoms with Gasteiger partial charge in [0.25, 0.3) is 5.91 Å². The average molecular weight is 240 g/mol. The molecule has 2 heterocycles. The number of benzene rings is 1. The number of carbonyl (C=O) groups excluding carboxylic acids is 1. The highest BCUT2D eigenvalue weighted by molar-refractivity contribution is 6.12. The zero-order valence-corrected chi connectivity index (χ0v) is 9.82. The molecule has 1 aromatic carbocycles. The number of nitrogens with zero attached hydrogens (tertiary/aromatic N) is 1. The summed E-state index contributed by atoms with van der Waals surface area (Å²) in [6.07, 6.45) is 3.39. The molecular weight excluding hydrogens is 228 g/mol. The minimum absolute atomic E-state index is 0.153. The van der Waals surface area contributed by atoms with Crippen molar-refractivity contribution in [3.05, 3.63) is 47.8 Å². The summed E-state index contributed by atoms with van der Waals surface area (Å²) in [7, 11) is 0. The summed E-state index contributed by atoms with van der Waals surface area (Å²) >= 11 is 0. The van der Waals surface area contributed by atoms with Crippen LogP contribution in [0.4, 0.5) is 5.82 Å². The van der Waals surface area contributed by atoms with Crippen LogP contribution in [-0.2, 0) is 0 Å². The van der Waals surface area contributed by atoms with Crippen molar-refractivity contribution < 1.29 is 4.79 Å². The van der Waals surface area contributed by atoms with Crippen molar-refractivity contribution in [3.8, 4) is 0 Å². The van der Waals surface area contributed by atoms with Gasteiger partial charge in [-0.2, -0.15) is 5.10 Å². The molecule has 0 aliphatic heterocycles. The van der Waals surface area contributed by atoms with Gasteiger partial charge in [0, 0.05) is 22.7 Å². The van der Waals surface area contributed by atoms with E-state index in [1.807, 2.05) is 31.2 Å². The summed E-state index contributed by atoms with van der Waals surface area (Å²) in [5.74, 6) is 0.477. The molecule has 0 atom stereocenters. The van der Waals surface area contributed by atoms with Gasteiger partial charge in [0.2, 0.25) is 0 Å². The Balaban J connectivity index is 1.95. The summed E-state index contributed by atoms with van der Waals surface area (Å²) in [6, 6.07) is 7.70. The largest absolute Gasteiger partial charge is 0.360 e. The van der Waals surface area contributed by atoms with E-state index in [4.69, 9.17) is 0 Å². The normalized spacial score (nSPS) is 10.7. The number of aryl methyl sites for hydroxylation is 1. The van der Waals surface area contributed by atoms with E-state index in [-0.39, 0.29) is 5.91 Å². The van der Waals surface area contributed by atoms with Crippen LogP contribution in [-0.4, -0.2) is 21.1 Å². The molecule has 0 saturated heterocycles. The molecule has 3 N–H and O–H groups in total. The molecule has 0 unspecified atom stereocenters. The second-order valence-corrected chi connectivity index (χ2v) is 4.13. The zero-order chi connectivity index (χ0) is 12.5. The molecule has 90 valence electrons. The number of para-hydroxylation sites is 1. The molecule has 18 heavy (non-hydrogen) atoms. The molecular formula is C13H12N4O. The van der Waals surface area contributed by atoms with Crippen LogP contribution in [0.2, 0.25) is 0 Å². The van der Waals surface area contributed by atoms with Crippen molar-refractivity contribution in [1.29, 1.82) is 0 Å². The molecule has 5 heteroatoms. The molecule has 0 aliphatic carbocycles. The molecule has 0 radical (unpaired) electrons. The summed E-state index contributed by atoms with van der Waals surface area (Å²) in [5, 5.41) is 10.3. The molecule has 0 saturated carbocycles. The third-order valence-electron chi connectivity index (χ3n) is 2.90. The van der Waals surface area contributed by atoms with Crippen LogP contribution in [0.3, 0.4) is 0 Å². The molecule has 3 aromatic rings. The Morgan fingerprint density at radius 1 is 1.33 bits per heavy atom. The van der Waals surface area contributed by atoms with E-state index < -0.39 is 0 Å². The third-order valence-corrected chi connectivity index (χ3v) is 2.90. The van der Waals surface area contributed by atoms with Crippen LogP contribution in [0.5, 0.6) is 0 Å². The Hall–Kier alpha value is -2.56. The Kier molecular flexibility index (Phi) is 2.37. The number of aromatic amines is 2. The lowest BCUT2D eigenvalue weighted by molar-refractivity contribution is 0.102. The Bertz CT molecular complexity index is 710. The number of rotatable bonds is 2. The Morgan fingerprint density at radius 3 is 2.94 bits per heavy atom. The highest BCUT2D eigenvalue weighted by Crippen LogP contribution is 2.19. The number of H-pyrrole nitrogens is 2. The minimum Gasteiger partial charge on any atom is -0.360 e. The van der Waals surface area contributed by atoms with Crippen LogP contribution < -0.4 is 5.32 Å². The first-order chi connectivity index (χ1) is 8.75. The predicted molar refractivity (Wildman–Crippen MR) is 69.6 cm³/mol. The second-order valence-electron chi connectivity index (χ2n) is 4.13. The van der Waals surface area contributed by atoms with Crippen LogP contribution in [0, 0.1) is 6.92 Å². The topological polar surface area (TPSA) is 73.6 Å². The number of hydrogen-bond donors (Lipinski definition) is 3. The van der Waals surface area contributed by atoms with Crippen molar-refractivity contribution in [2.75, 3.05) is 5.32 Å². The maximum atomic E-state index is 12.2. The van der Waals surface area contributed by atoms with Gasteiger partial charge < -0.3 is 10.3 Å². The Morgan fingerprint density at radius 2 is 2.17 bits per heavy atom. The van der Waals surface area contributed by atoms with Crippen LogP contribution in [0.15, 0.2) is 36.7 Å². The van der Waals surface area contributed by atoms with Gasteiger partial charge >= 0.3 is 0 Å². The molecule has 3 rings (SSSR count). The lowest BCUT2D eigenvalue weighted by Gasteiger charge is -2.02. The molecule has 0 bridgehead atoms. The molecule has 0 spiro atoms. The third kappa shape index (κ3) is 1.66. The number of fused-ring (bicyclic) bond motifs is 1. The molecule has 2 aromatic heterocycles. The van der Waals surface area contributed by atoms with Crippen molar-refractivity contribution in [1.82, 2.24) is 15.2 Å². The van der Waals surface area contributed by atoms with Gasteiger partial charge in [0.1, 0.15) is 5.82 Å². The van der Waals surface area contributed by atoms with Gasteiger partial charge in [0.15, 0.2) is 0 Å². The molecule has 0 aliphatic rings. The first-order valence-electron chi connectivity index (χ1n) is 5.63. The van der Waals surface area contributed by atoms with Crippen molar-refractivity contribution in [2.45, 2.75) is 6.92 Å². The summed E-state index contributed by atoms with van der Waals surface area (Å²) in [5.41, 5.74) is 2.48. The number of aromatic nitrogens is 3. The zero-order valence-electron chi connectivity index (χ0n) is 9.82. The highest BCUT2D eigenvalue weighted by atomic mass is 16.1. The van der Waals surface area contributed by atoms with E-state index in [1.165, 1.54) is 0 Å². The standard InChI is InChI=1S/C13H12N4O/c1-8-6-15-17-12(8)16-13(18)10-7-14-11-5-3-2-4-9(10)11/h2-7,14H,1H3,(H2,15,16,17,18). The van der Waals surface area contributed by atoms with Gasteiger partial charge in [-0.1, -0.05) is 18.2 Å². The summed E-state index contributed by atoms with van der Waals surface area (Å²) < 4.78 is 0. The number of carbonyl (C=O) groups is 1. The Labute approximate surface area is 103 Å². The van der Waals surface area contributed by atoms with Crippen LogP contribution >= 0.6 is 0 Å². The van der Waals surface area contributed by atoms with Gasteiger partial charge in [-0.25, -0.2) is 0 Å². The van der Waals surface area contributed by atoms with Crippen LogP contribution in [0.1, 0.15) is 15.9 Å². The van der Waals surface area contributed by atoms with Crippen molar-refractivity contribution in [3.63, 3.8) is 0 Å². The van der Waals surface area contributed by atoms with Crippen LogP contribution in [0.25, 0.3) is 10.9 Å².